The minimum absolute atomic E-state index is 0.225. The van der Waals surface area contributed by atoms with E-state index in [1.54, 1.807) is 42.6 Å². The molecule has 0 bridgehead atoms. The van der Waals surface area contributed by atoms with Crippen molar-refractivity contribution in [3.8, 4) is 11.3 Å². The number of pyridine rings is 1. The Balaban J connectivity index is 1.89. The number of carboxylic acid groups (broad SMARTS) is 1. The normalized spacial score (nSPS) is 10.5. The van der Waals surface area contributed by atoms with E-state index in [4.69, 9.17) is 5.73 Å². The Labute approximate surface area is 163 Å². The minimum Gasteiger partial charge on any atom is -0.478 e. The highest BCUT2D eigenvalue weighted by atomic mass is 16.4. The third-order valence-corrected chi connectivity index (χ3v) is 4.52. The number of hydrogen-bond acceptors (Lipinski definition) is 4. The quantitative estimate of drug-likeness (QED) is 0.600. The summed E-state index contributed by atoms with van der Waals surface area (Å²) in [5.74, 6) is -1.45. The predicted molar refractivity (Wildman–Crippen MR) is 109 cm³/mol. The monoisotopic (exact) mass is 375 g/mol. The van der Waals surface area contributed by atoms with E-state index in [0.717, 1.165) is 28.8 Å². The number of primary amides is 1. The largest absolute Gasteiger partial charge is 0.478 e. The first kappa shape index (κ1) is 19.1. The van der Waals surface area contributed by atoms with Gasteiger partial charge in [-0.1, -0.05) is 25.1 Å². The van der Waals surface area contributed by atoms with E-state index >= 15 is 0 Å². The summed E-state index contributed by atoms with van der Waals surface area (Å²) >= 11 is 0. The van der Waals surface area contributed by atoms with E-state index in [0.29, 0.717) is 16.9 Å². The molecule has 0 aliphatic heterocycles. The summed E-state index contributed by atoms with van der Waals surface area (Å²) in [5.41, 5.74) is 10.7. The molecule has 6 heteroatoms. The maximum atomic E-state index is 11.6. The number of carboxylic acids is 1. The molecule has 1 aromatic heterocycles. The van der Waals surface area contributed by atoms with Crippen molar-refractivity contribution in [3.05, 3.63) is 77.0 Å². The molecule has 1 heterocycles. The van der Waals surface area contributed by atoms with Gasteiger partial charge in [-0.05, 0) is 54.8 Å². The zero-order valence-corrected chi connectivity index (χ0v) is 15.7. The van der Waals surface area contributed by atoms with Crippen molar-refractivity contribution in [3.63, 3.8) is 0 Å². The van der Waals surface area contributed by atoms with Gasteiger partial charge in [0.15, 0.2) is 0 Å². The number of carbonyl (C=O) groups is 2. The van der Waals surface area contributed by atoms with Crippen LogP contribution in [0.2, 0.25) is 0 Å². The van der Waals surface area contributed by atoms with Crippen LogP contribution in [0.4, 0.5) is 11.4 Å². The predicted octanol–water partition coefficient (Wildman–Crippen LogP) is 4.16. The number of nitrogens with one attached hydrogen (secondary N) is 1. The van der Waals surface area contributed by atoms with Crippen LogP contribution in [0.15, 0.2) is 54.7 Å². The van der Waals surface area contributed by atoms with Crippen molar-refractivity contribution in [2.45, 2.75) is 20.3 Å². The Bertz CT molecular complexity index is 1040. The number of nitrogens with zero attached hydrogens (tertiary/aromatic N) is 1. The SMILES string of the molecule is CCc1ccc(Nc2cnc(-c3ccc(C(N)=O)cc3)c(C)c2)c(C(=O)O)c1. The zero-order chi connectivity index (χ0) is 20.3. The van der Waals surface area contributed by atoms with Crippen LogP contribution in [0.25, 0.3) is 11.3 Å². The molecule has 1 amide bonds. The third-order valence-electron chi connectivity index (χ3n) is 4.52. The van der Waals surface area contributed by atoms with E-state index in [1.165, 1.54) is 0 Å². The summed E-state index contributed by atoms with van der Waals surface area (Å²) in [6.45, 7) is 3.91. The molecule has 0 aliphatic rings. The third kappa shape index (κ3) is 4.01. The number of aromatic nitrogens is 1. The molecule has 0 unspecified atom stereocenters. The number of benzene rings is 2. The molecule has 0 radical (unpaired) electrons. The molecule has 0 atom stereocenters. The first-order valence-corrected chi connectivity index (χ1v) is 8.89. The van der Waals surface area contributed by atoms with Gasteiger partial charge >= 0.3 is 5.97 Å². The van der Waals surface area contributed by atoms with E-state index in [9.17, 15) is 14.7 Å². The lowest BCUT2D eigenvalue weighted by Gasteiger charge is -2.13. The van der Waals surface area contributed by atoms with E-state index in [-0.39, 0.29) is 5.56 Å². The molecular formula is C22H21N3O3. The highest BCUT2D eigenvalue weighted by molar-refractivity contribution is 5.95. The van der Waals surface area contributed by atoms with E-state index < -0.39 is 11.9 Å². The first-order chi connectivity index (χ1) is 13.4. The van der Waals surface area contributed by atoms with Crippen molar-refractivity contribution < 1.29 is 14.7 Å². The average molecular weight is 375 g/mol. The Morgan fingerprint density at radius 2 is 1.82 bits per heavy atom. The van der Waals surface area contributed by atoms with Gasteiger partial charge < -0.3 is 16.2 Å². The van der Waals surface area contributed by atoms with E-state index in [1.807, 2.05) is 26.0 Å². The van der Waals surface area contributed by atoms with Crippen LogP contribution in [0.3, 0.4) is 0 Å². The average Bonchev–Trinajstić information content (AvgIpc) is 2.68. The molecule has 0 fully saturated rings. The molecule has 0 spiro atoms. The Morgan fingerprint density at radius 3 is 2.39 bits per heavy atom. The Hall–Kier alpha value is -3.67. The molecule has 28 heavy (non-hydrogen) atoms. The summed E-state index contributed by atoms with van der Waals surface area (Å²) in [4.78, 5) is 27.3. The smallest absolute Gasteiger partial charge is 0.337 e. The summed E-state index contributed by atoms with van der Waals surface area (Å²) < 4.78 is 0. The van der Waals surface area contributed by atoms with Crippen LogP contribution in [0.1, 0.15) is 38.8 Å². The molecule has 4 N–H and O–H groups in total. The van der Waals surface area contributed by atoms with Crippen molar-refractivity contribution in [1.29, 1.82) is 0 Å². The van der Waals surface area contributed by atoms with Crippen molar-refractivity contribution >= 4 is 23.3 Å². The van der Waals surface area contributed by atoms with Gasteiger partial charge in [0.1, 0.15) is 0 Å². The second-order valence-corrected chi connectivity index (χ2v) is 6.49. The molecule has 0 saturated carbocycles. The van der Waals surface area contributed by atoms with Crippen LogP contribution in [-0.2, 0) is 6.42 Å². The van der Waals surface area contributed by atoms with Crippen molar-refractivity contribution in [2.24, 2.45) is 5.73 Å². The number of aromatic carboxylic acids is 1. The highest BCUT2D eigenvalue weighted by Crippen LogP contribution is 2.27. The lowest BCUT2D eigenvalue weighted by Crippen LogP contribution is -2.10. The topological polar surface area (TPSA) is 105 Å². The molecule has 0 aliphatic carbocycles. The van der Waals surface area contributed by atoms with Crippen molar-refractivity contribution in [2.75, 3.05) is 5.32 Å². The van der Waals surface area contributed by atoms with Crippen LogP contribution >= 0.6 is 0 Å². The van der Waals surface area contributed by atoms with Gasteiger partial charge in [-0.15, -0.1) is 0 Å². The first-order valence-electron chi connectivity index (χ1n) is 8.89. The number of nitrogens with two attached hydrogens (primary N) is 1. The lowest BCUT2D eigenvalue weighted by molar-refractivity contribution is 0.0697. The van der Waals surface area contributed by atoms with Gasteiger partial charge in [-0.3, -0.25) is 9.78 Å². The fourth-order valence-electron chi connectivity index (χ4n) is 2.99. The summed E-state index contributed by atoms with van der Waals surface area (Å²) in [7, 11) is 0. The molecular weight excluding hydrogens is 354 g/mol. The number of aryl methyl sites for hydroxylation is 2. The number of carbonyl (C=O) groups excluding carboxylic acids is 1. The molecule has 3 aromatic rings. The van der Waals surface area contributed by atoms with Crippen LogP contribution in [-0.4, -0.2) is 22.0 Å². The van der Waals surface area contributed by atoms with Gasteiger partial charge in [0.25, 0.3) is 0 Å². The van der Waals surface area contributed by atoms with Crippen LogP contribution in [0.5, 0.6) is 0 Å². The maximum Gasteiger partial charge on any atom is 0.337 e. The Kier molecular flexibility index (Phi) is 5.40. The second kappa shape index (κ2) is 7.92. The lowest BCUT2D eigenvalue weighted by atomic mass is 10.0. The number of hydrogen-bond donors (Lipinski definition) is 3. The minimum atomic E-state index is -0.978. The fraction of sp³-hybridized carbons (Fsp3) is 0.136. The zero-order valence-electron chi connectivity index (χ0n) is 15.7. The maximum absolute atomic E-state index is 11.6. The van der Waals surface area contributed by atoms with Gasteiger partial charge in [0.2, 0.25) is 5.91 Å². The van der Waals surface area contributed by atoms with Gasteiger partial charge in [-0.25, -0.2) is 4.79 Å². The van der Waals surface area contributed by atoms with Crippen LogP contribution < -0.4 is 11.1 Å². The molecule has 142 valence electrons. The number of anilines is 2. The highest BCUT2D eigenvalue weighted by Gasteiger charge is 2.12. The van der Waals surface area contributed by atoms with Crippen LogP contribution in [0, 0.1) is 6.92 Å². The van der Waals surface area contributed by atoms with Gasteiger partial charge in [0, 0.05) is 11.1 Å². The van der Waals surface area contributed by atoms with Gasteiger partial charge in [-0.2, -0.15) is 0 Å². The van der Waals surface area contributed by atoms with E-state index in [2.05, 4.69) is 10.3 Å². The molecule has 0 saturated heterocycles. The Morgan fingerprint density at radius 1 is 1.11 bits per heavy atom. The van der Waals surface area contributed by atoms with Crippen molar-refractivity contribution in [1.82, 2.24) is 4.98 Å². The molecule has 3 rings (SSSR count). The standard InChI is InChI=1S/C22H21N3O3/c1-3-14-4-9-19(18(11-14)22(27)28)25-17-10-13(2)20(24-12-17)15-5-7-16(8-6-15)21(23)26/h4-12,25H,3H2,1-2H3,(H2,23,26)(H,27,28). The summed E-state index contributed by atoms with van der Waals surface area (Å²) in [6, 6.07) is 14.2. The fourth-order valence-corrected chi connectivity index (χ4v) is 2.99. The number of rotatable bonds is 6. The molecule has 6 nitrogen and oxygen atoms in total. The molecule has 2 aromatic carbocycles. The summed E-state index contributed by atoms with van der Waals surface area (Å²) in [6.07, 6.45) is 2.42. The summed E-state index contributed by atoms with van der Waals surface area (Å²) in [5, 5.41) is 12.6. The number of amides is 1. The van der Waals surface area contributed by atoms with Gasteiger partial charge in [0.05, 0.1) is 28.8 Å². The second-order valence-electron chi connectivity index (χ2n) is 6.49.